The van der Waals surface area contributed by atoms with Gasteiger partial charge in [0, 0.05) is 17.0 Å². The molecule has 0 radical (unpaired) electrons. The molecule has 1 unspecified atom stereocenters. The Morgan fingerprint density at radius 2 is 2.42 bits per heavy atom. The van der Waals surface area contributed by atoms with Gasteiger partial charge in [-0.2, -0.15) is 0 Å². The summed E-state index contributed by atoms with van der Waals surface area (Å²) in [7, 11) is 0. The van der Waals surface area contributed by atoms with Gasteiger partial charge in [-0.25, -0.2) is 4.79 Å². The maximum Gasteiger partial charge on any atom is 0.315 e. The Balaban J connectivity index is 1.75. The minimum absolute atomic E-state index is 0.0480. The van der Waals surface area contributed by atoms with Gasteiger partial charge in [0.25, 0.3) is 0 Å². The molecule has 0 aromatic carbocycles. The molecule has 104 valence electrons. The summed E-state index contributed by atoms with van der Waals surface area (Å²) in [5, 5.41) is 8.15. The van der Waals surface area contributed by atoms with Gasteiger partial charge in [0.05, 0.1) is 0 Å². The third kappa shape index (κ3) is 3.83. The van der Waals surface area contributed by atoms with E-state index < -0.39 is 0 Å². The van der Waals surface area contributed by atoms with Gasteiger partial charge in [0.1, 0.15) is 0 Å². The number of carbonyl (C=O) groups excluding carboxylic acids is 1. The maximum atomic E-state index is 11.9. The Morgan fingerprint density at radius 1 is 1.58 bits per heavy atom. The van der Waals surface area contributed by atoms with Crippen molar-refractivity contribution in [2.45, 2.75) is 44.6 Å². The molecule has 19 heavy (non-hydrogen) atoms. The van der Waals surface area contributed by atoms with Crippen molar-refractivity contribution >= 4 is 17.4 Å². The molecule has 0 spiro atoms. The van der Waals surface area contributed by atoms with Crippen LogP contribution in [0.1, 0.15) is 37.5 Å². The Hall–Kier alpha value is -1.29. The highest BCUT2D eigenvalue weighted by Gasteiger charge is 2.35. The van der Waals surface area contributed by atoms with Gasteiger partial charge in [0.15, 0.2) is 0 Å². The summed E-state index contributed by atoms with van der Waals surface area (Å²) in [5.41, 5.74) is 1.19. The SMILES string of the molecule is C=C1CCC(CC)(NC(=O)NCCc2cccs2)C1. The van der Waals surface area contributed by atoms with Crippen molar-refractivity contribution < 1.29 is 4.79 Å². The van der Waals surface area contributed by atoms with Crippen LogP contribution in [0.15, 0.2) is 29.7 Å². The lowest BCUT2D eigenvalue weighted by Gasteiger charge is -2.28. The molecule has 1 heterocycles. The molecule has 2 rings (SSSR count). The highest BCUT2D eigenvalue weighted by molar-refractivity contribution is 7.09. The van der Waals surface area contributed by atoms with Crippen LogP contribution in [0.2, 0.25) is 0 Å². The monoisotopic (exact) mass is 278 g/mol. The molecule has 1 saturated carbocycles. The maximum absolute atomic E-state index is 11.9. The van der Waals surface area contributed by atoms with Crippen LogP contribution in [0.25, 0.3) is 0 Å². The van der Waals surface area contributed by atoms with Crippen LogP contribution in [-0.4, -0.2) is 18.1 Å². The summed E-state index contributed by atoms with van der Waals surface area (Å²) in [5.74, 6) is 0. The molecule has 1 fully saturated rings. The molecule has 0 saturated heterocycles. The van der Waals surface area contributed by atoms with Crippen LogP contribution < -0.4 is 10.6 Å². The Kier molecular flexibility index (Phi) is 4.64. The number of rotatable bonds is 5. The van der Waals surface area contributed by atoms with Gasteiger partial charge in [-0.3, -0.25) is 0 Å². The lowest BCUT2D eigenvalue weighted by molar-refractivity contribution is 0.223. The second-order valence-corrected chi connectivity index (χ2v) is 6.30. The Bertz CT molecular complexity index is 441. The molecular weight excluding hydrogens is 256 g/mol. The normalized spacial score (nSPS) is 22.5. The summed E-state index contributed by atoms with van der Waals surface area (Å²) in [6.07, 6.45) is 4.83. The van der Waals surface area contributed by atoms with E-state index in [4.69, 9.17) is 0 Å². The fourth-order valence-corrected chi connectivity index (χ4v) is 3.32. The first-order chi connectivity index (χ1) is 9.13. The molecule has 4 heteroatoms. The predicted molar refractivity (Wildman–Crippen MR) is 80.6 cm³/mol. The molecule has 1 aromatic heterocycles. The molecule has 1 aromatic rings. The van der Waals surface area contributed by atoms with E-state index in [-0.39, 0.29) is 11.6 Å². The van der Waals surface area contributed by atoms with Crippen molar-refractivity contribution in [1.29, 1.82) is 0 Å². The zero-order valence-corrected chi connectivity index (χ0v) is 12.3. The largest absolute Gasteiger partial charge is 0.338 e. The Morgan fingerprint density at radius 3 is 3.00 bits per heavy atom. The third-order valence-electron chi connectivity index (χ3n) is 3.84. The van der Waals surface area contributed by atoms with E-state index in [1.807, 2.05) is 6.07 Å². The summed E-state index contributed by atoms with van der Waals surface area (Å²) < 4.78 is 0. The average Bonchev–Trinajstić information content (AvgIpc) is 3.00. The van der Waals surface area contributed by atoms with Crippen LogP contribution in [0.4, 0.5) is 4.79 Å². The molecule has 0 bridgehead atoms. The first-order valence-electron chi connectivity index (χ1n) is 6.88. The highest BCUT2D eigenvalue weighted by atomic mass is 32.1. The van der Waals surface area contributed by atoms with Crippen molar-refractivity contribution in [2.24, 2.45) is 0 Å². The second kappa shape index (κ2) is 6.24. The van der Waals surface area contributed by atoms with Gasteiger partial charge in [-0.15, -0.1) is 11.3 Å². The van der Waals surface area contributed by atoms with Gasteiger partial charge in [-0.05, 0) is 43.6 Å². The summed E-state index contributed by atoms with van der Waals surface area (Å²) >= 11 is 1.73. The first-order valence-corrected chi connectivity index (χ1v) is 7.76. The van der Waals surface area contributed by atoms with E-state index >= 15 is 0 Å². The number of hydrogen-bond acceptors (Lipinski definition) is 2. The summed E-state index contributed by atoms with van der Waals surface area (Å²) in [4.78, 5) is 13.3. The molecule has 1 atom stereocenters. The average molecular weight is 278 g/mol. The molecule has 2 amide bonds. The molecule has 1 aliphatic carbocycles. The number of amides is 2. The van der Waals surface area contributed by atoms with Crippen LogP contribution in [0.3, 0.4) is 0 Å². The number of carbonyl (C=O) groups is 1. The summed E-state index contributed by atoms with van der Waals surface area (Å²) in [6, 6.07) is 4.09. The van der Waals surface area contributed by atoms with E-state index in [0.29, 0.717) is 6.54 Å². The zero-order chi connectivity index (χ0) is 13.7. The third-order valence-corrected chi connectivity index (χ3v) is 4.77. The molecule has 1 aliphatic rings. The standard InChI is InChI=1S/C15H22N2OS/c1-3-15(8-6-12(2)11-15)17-14(18)16-9-7-13-5-4-10-19-13/h4-5,10H,2-3,6-9,11H2,1H3,(H2,16,17,18). The van der Waals surface area contributed by atoms with Gasteiger partial charge < -0.3 is 10.6 Å². The number of thiophene rings is 1. The van der Waals surface area contributed by atoms with Gasteiger partial charge in [-0.1, -0.05) is 25.1 Å². The second-order valence-electron chi connectivity index (χ2n) is 5.27. The highest BCUT2D eigenvalue weighted by Crippen LogP contribution is 2.35. The van der Waals surface area contributed by atoms with E-state index in [1.165, 1.54) is 10.5 Å². The topological polar surface area (TPSA) is 41.1 Å². The van der Waals surface area contributed by atoms with Gasteiger partial charge >= 0.3 is 6.03 Å². The van der Waals surface area contributed by atoms with Crippen LogP contribution in [0, 0.1) is 0 Å². The van der Waals surface area contributed by atoms with Crippen LogP contribution in [0.5, 0.6) is 0 Å². The van der Waals surface area contributed by atoms with Crippen LogP contribution in [-0.2, 0) is 6.42 Å². The lowest BCUT2D eigenvalue weighted by Crippen LogP contribution is -2.50. The van der Waals surface area contributed by atoms with E-state index in [1.54, 1.807) is 11.3 Å². The van der Waals surface area contributed by atoms with Crippen LogP contribution >= 0.6 is 11.3 Å². The number of urea groups is 1. The quantitative estimate of drug-likeness (QED) is 0.795. The minimum Gasteiger partial charge on any atom is -0.338 e. The first kappa shape index (κ1) is 14.1. The van der Waals surface area contributed by atoms with E-state index in [2.05, 4.69) is 35.6 Å². The summed E-state index contributed by atoms with van der Waals surface area (Å²) in [6.45, 7) is 6.85. The smallest absolute Gasteiger partial charge is 0.315 e. The predicted octanol–water partition coefficient (Wildman–Crippen LogP) is 3.48. The zero-order valence-electron chi connectivity index (χ0n) is 11.5. The van der Waals surface area contributed by atoms with Crippen molar-refractivity contribution in [1.82, 2.24) is 10.6 Å². The fraction of sp³-hybridized carbons (Fsp3) is 0.533. The van der Waals surface area contributed by atoms with Gasteiger partial charge in [0.2, 0.25) is 0 Å². The van der Waals surface area contributed by atoms with Crippen molar-refractivity contribution in [3.63, 3.8) is 0 Å². The van der Waals surface area contributed by atoms with E-state index in [9.17, 15) is 4.79 Å². The van der Waals surface area contributed by atoms with Crippen molar-refractivity contribution in [2.75, 3.05) is 6.54 Å². The molecule has 3 nitrogen and oxygen atoms in total. The number of hydrogen-bond donors (Lipinski definition) is 2. The minimum atomic E-state index is -0.0654. The fourth-order valence-electron chi connectivity index (χ4n) is 2.61. The molecular formula is C15H22N2OS. The molecule has 2 N–H and O–H groups in total. The van der Waals surface area contributed by atoms with Crippen molar-refractivity contribution in [3.8, 4) is 0 Å². The van der Waals surface area contributed by atoms with E-state index in [0.717, 1.165) is 32.1 Å². The number of nitrogens with one attached hydrogen (secondary N) is 2. The van der Waals surface area contributed by atoms with Crippen molar-refractivity contribution in [3.05, 3.63) is 34.5 Å². The Labute approximate surface area is 119 Å². The molecule has 0 aliphatic heterocycles. The lowest BCUT2D eigenvalue weighted by atomic mass is 9.94.